The molecule has 1 amide bonds. The number of hydrogen-bond donors (Lipinski definition) is 2. The number of amides is 1. The summed E-state index contributed by atoms with van der Waals surface area (Å²) in [6, 6.07) is 8.56. The Bertz CT molecular complexity index is 1060. The maximum atomic E-state index is 12.9. The first-order chi connectivity index (χ1) is 14.3. The molecule has 0 spiro atoms. The van der Waals surface area contributed by atoms with Gasteiger partial charge in [-0.1, -0.05) is 12.8 Å². The zero-order valence-electron chi connectivity index (χ0n) is 17.4. The summed E-state index contributed by atoms with van der Waals surface area (Å²) in [5.74, 6) is 0.773. The number of rotatable bonds is 5. The van der Waals surface area contributed by atoms with Crippen molar-refractivity contribution >= 4 is 27.4 Å². The lowest BCUT2D eigenvalue weighted by Crippen LogP contribution is -2.27. The predicted octanol–water partition coefficient (Wildman–Crippen LogP) is 3.17. The molecule has 1 aromatic carbocycles. The fourth-order valence-corrected chi connectivity index (χ4v) is 5.07. The molecule has 2 aromatic rings. The van der Waals surface area contributed by atoms with Crippen molar-refractivity contribution in [2.45, 2.75) is 56.4 Å². The Balaban J connectivity index is 1.50. The number of benzene rings is 1. The lowest BCUT2D eigenvalue weighted by molar-refractivity contribution is -0.119. The van der Waals surface area contributed by atoms with E-state index in [1.54, 1.807) is 32.2 Å². The summed E-state index contributed by atoms with van der Waals surface area (Å²) in [6.45, 7) is 5.74. The van der Waals surface area contributed by atoms with E-state index in [0.717, 1.165) is 37.3 Å². The molecule has 0 unspecified atom stereocenters. The first-order valence-electron chi connectivity index (χ1n) is 10.4. The predicted molar refractivity (Wildman–Crippen MR) is 117 cm³/mol. The molecule has 2 aliphatic rings. The highest BCUT2D eigenvalue weighted by atomic mass is 32.2. The first kappa shape index (κ1) is 20.8. The molecule has 2 aliphatic heterocycles. The van der Waals surface area contributed by atoms with Crippen LogP contribution >= 0.6 is 0 Å². The van der Waals surface area contributed by atoms with E-state index < -0.39 is 15.4 Å². The molecular weight excluding hydrogens is 400 g/mol. The van der Waals surface area contributed by atoms with E-state index in [0.29, 0.717) is 11.3 Å². The highest BCUT2D eigenvalue weighted by Crippen LogP contribution is 2.38. The van der Waals surface area contributed by atoms with Crippen LogP contribution in [0.1, 0.15) is 50.7 Å². The standard InChI is InChI=1S/C22H28N4O3S/c1-22(2)18-14-17(7-8-19(18)25-21(22)27)30(28,29)24-15-16-9-10-23-20(13-16)26-11-5-3-4-6-12-26/h7-10,13-14,24H,3-6,11-12,15H2,1-2H3,(H,25,27). The van der Waals surface area contributed by atoms with E-state index in [1.807, 2.05) is 12.1 Å². The molecule has 1 saturated heterocycles. The van der Waals surface area contributed by atoms with Crippen molar-refractivity contribution < 1.29 is 13.2 Å². The van der Waals surface area contributed by atoms with Crippen molar-refractivity contribution in [3.63, 3.8) is 0 Å². The van der Waals surface area contributed by atoms with Crippen LogP contribution in [0.4, 0.5) is 11.5 Å². The van der Waals surface area contributed by atoms with Crippen molar-refractivity contribution in [1.82, 2.24) is 9.71 Å². The van der Waals surface area contributed by atoms with Crippen LogP contribution < -0.4 is 14.9 Å². The van der Waals surface area contributed by atoms with Gasteiger partial charge in [-0.25, -0.2) is 18.1 Å². The first-order valence-corrected chi connectivity index (χ1v) is 11.9. The second-order valence-corrected chi connectivity index (χ2v) is 10.3. The van der Waals surface area contributed by atoms with Gasteiger partial charge < -0.3 is 10.2 Å². The second-order valence-electron chi connectivity index (χ2n) is 8.53. The number of aromatic nitrogens is 1. The minimum atomic E-state index is -3.71. The molecular formula is C22H28N4O3S. The average Bonchev–Trinajstić information content (AvgIpc) is 2.91. The minimum absolute atomic E-state index is 0.127. The SMILES string of the molecule is CC1(C)C(=O)Nc2ccc(S(=O)(=O)NCc3ccnc(N4CCCCCC4)c3)cc21. The average molecular weight is 429 g/mol. The molecule has 1 aromatic heterocycles. The number of fused-ring (bicyclic) bond motifs is 1. The van der Waals surface area contributed by atoms with Crippen LogP contribution in [0.25, 0.3) is 0 Å². The summed E-state index contributed by atoms with van der Waals surface area (Å²) in [5.41, 5.74) is 1.47. The molecule has 0 saturated carbocycles. The second kappa shape index (κ2) is 8.00. The van der Waals surface area contributed by atoms with Gasteiger partial charge in [0, 0.05) is 31.5 Å². The summed E-state index contributed by atoms with van der Waals surface area (Å²) >= 11 is 0. The van der Waals surface area contributed by atoms with Gasteiger partial charge in [-0.2, -0.15) is 0 Å². The number of pyridine rings is 1. The van der Waals surface area contributed by atoms with Gasteiger partial charge in [0.25, 0.3) is 0 Å². The molecule has 3 heterocycles. The van der Waals surface area contributed by atoms with E-state index in [-0.39, 0.29) is 17.3 Å². The third-order valence-corrected chi connectivity index (χ3v) is 7.40. The smallest absolute Gasteiger partial charge is 0.240 e. The molecule has 160 valence electrons. The normalized spacial score (nSPS) is 18.6. The lowest BCUT2D eigenvalue weighted by Gasteiger charge is -2.21. The van der Waals surface area contributed by atoms with Gasteiger partial charge in [-0.15, -0.1) is 0 Å². The molecule has 7 nitrogen and oxygen atoms in total. The highest BCUT2D eigenvalue weighted by Gasteiger charge is 2.39. The van der Waals surface area contributed by atoms with Crippen molar-refractivity contribution in [2.75, 3.05) is 23.3 Å². The van der Waals surface area contributed by atoms with Crippen LogP contribution in [0.15, 0.2) is 41.4 Å². The van der Waals surface area contributed by atoms with E-state index in [1.165, 1.54) is 18.9 Å². The number of anilines is 2. The molecule has 0 bridgehead atoms. The molecule has 8 heteroatoms. The molecule has 30 heavy (non-hydrogen) atoms. The van der Waals surface area contributed by atoms with Crippen molar-refractivity contribution in [2.24, 2.45) is 0 Å². The Kier molecular flexibility index (Phi) is 5.55. The summed E-state index contributed by atoms with van der Waals surface area (Å²) in [6.07, 6.45) is 6.54. The Labute approximate surface area is 177 Å². The number of carbonyl (C=O) groups excluding carboxylic acids is 1. The van der Waals surface area contributed by atoms with Crippen molar-refractivity contribution in [3.05, 3.63) is 47.7 Å². The van der Waals surface area contributed by atoms with E-state index in [4.69, 9.17) is 0 Å². The third-order valence-electron chi connectivity index (χ3n) is 6.00. The minimum Gasteiger partial charge on any atom is -0.357 e. The number of nitrogens with one attached hydrogen (secondary N) is 2. The summed E-state index contributed by atoms with van der Waals surface area (Å²) in [4.78, 5) is 19.0. The van der Waals surface area contributed by atoms with Gasteiger partial charge in [0.2, 0.25) is 15.9 Å². The maximum absolute atomic E-state index is 12.9. The van der Waals surface area contributed by atoms with Gasteiger partial charge in [0.15, 0.2) is 0 Å². The fourth-order valence-electron chi connectivity index (χ4n) is 4.02. The van der Waals surface area contributed by atoms with Crippen LogP contribution in [-0.4, -0.2) is 32.4 Å². The van der Waals surface area contributed by atoms with Gasteiger partial charge in [0.1, 0.15) is 5.82 Å². The zero-order chi connectivity index (χ0) is 21.4. The van der Waals surface area contributed by atoms with Crippen LogP contribution in [0.5, 0.6) is 0 Å². The summed E-state index contributed by atoms with van der Waals surface area (Å²) in [7, 11) is -3.71. The molecule has 0 aliphatic carbocycles. The molecule has 0 atom stereocenters. The topological polar surface area (TPSA) is 91.4 Å². The fraction of sp³-hybridized carbons (Fsp3) is 0.455. The van der Waals surface area contributed by atoms with Gasteiger partial charge in [0.05, 0.1) is 10.3 Å². The Morgan fingerprint density at radius 3 is 2.57 bits per heavy atom. The van der Waals surface area contributed by atoms with Crippen LogP contribution in [0, 0.1) is 0 Å². The molecule has 2 N–H and O–H groups in total. The maximum Gasteiger partial charge on any atom is 0.240 e. The Morgan fingerprint density at radius 2 is 1.83 bits per heavy atom. The number of carbonyl (C=O) groups is 1. The molecule has 0 radical (unpaired) electrons. The quantitative estimate of drug-likeness (QED) is 0.763. The van der Waals surface area contributed by atoms with Gasteiger partial charge in [-0.3, -0.25) is 4.79 Å². The lowest BCUT2D eigenvalue weighted by atomic mass is 9.86. The van der Waals surface area contributed by atoms with Gasteiger partial charge in [-0.05, 0) is 68.1 Å². The van der Waals surface area contributed by atoms with Gasteiger partial charge >= 0.3 is 0 Å². The number of hydrogen-bond acceptors (Lipinski definition) is 5. The van der Waals surface area contributed by atoms with E-state index >= 15 is 0 Å². The Morgan fingerprint density at radius 1 is 1.10 bits per heavy atom. The zero-order valence-corrected chi connectivity index (χ0v) is 18.3. The van der Waals surface area contributed by atoms with Crippen molar-refractivity contribution in [3.8, 4) is 0 Å². The largest absolute Gasteiger partial charge is 0.357 e. The van der Waals surface area contributed by atoms with Crippen LogP contribution in [0.2, 0.25) is 0 Å². The summed E-state index contributed by atoms with van der Waals surface area (Å²) in [5, 5.41) is 2.80. The number of nitrogens with zero attached hydrogens (tertiary/aromatic N) is 2. The monoisotopic (exact) mass is 428 g/mol. The van der Waals surface area contributed by atoms with E-state index in [2.05, 4.69) is 19.9 Å². The molecule has 1 fully saturated rings. The Hall–Kier alpha value is -2.45. The highest BCUT2D eigenvalue weighted by molar-refractivity contribution is 7.89. The molecule has 4 rings (SSSR count). The number of sulfonamides is 1. The third kappa shape index (κ3) is 4.06. The van der Waals surface area contributed by atoms with E-state index in [9.17, 15) is 13.2 Å². The van der Waals surface area contributed by atoms with Crippen LogP contribution in [-0.2, 0) is 26.8 Å². The summed E-state index contributed by atoms with van der Waals surface area (Å²) < 4.78 is 28.5. The van der Waals surface area contributed by atoms with Crippen LogP contribution in [0.3, 0.4) is 0 Å². The van der Waals surface area contributed by atoms with Crippen molar-refractivity contribution in [1.29, 1.82) is 0 Å².